The van der Waals surface area contributed by atoms with Gasteiger partial charge in [-0.05, 0) is 109 Å². The summed E-state index contributed by atoms with van der Waals surface area (Å²) in [4.78, 5) is 41.5. The number of hydrogen-bond donors (Lipinski definition) is 2. The molecular formula is C39H47F2N7O2. The highest BCUT2D eigenvalue weighted by Gasteiger charge is 2.50. The Hall–Kier alpha value is -4.38. The van der Waals surface area contributed by atoms with Crippen LogP contribution in [-0.2, 0) is 10.2 Å². The van der Waals surface area contributed by atoms with Gasteiger partial charge in [0.25, 0.3) is 5.91 Å². The third-order valence-corrected chi connectivity index (χ3v) is 10.9. The van der Waals surface area contributed by atoms with Crippen LogP contribution in [0, 0.1) is 6.92 Å². The highest BCUT2D eigenvalue weighted by atomic mass is 19.1. The average Bonchev–Trinajstić information content (AvgIpc) is 3.61. The summed E-state index contributed by atoms with van der Waals surface area (Å²) in [6.07, 6.45) is 7.62. The maximum atomic E-state index is 13.9. The van der Waals surface area contributed by atoms with Crippen molar-refractivity contribution in [3.05, 3.63) is 65.5 Å². The number of halogens is 2. The minimum absolute atomic E-state index is 0.101. The molecule has 3 aliphatic rings. The fourth-order valence-electron chi connectivity index (χ4n) is 7.81. The molecular weight excluding hydrogens is 636 g/mol. The summed E-state index contributed by atoms with van der Waals surface area (Å²) in [5.74, 6) is 0.164. The third kappa shape index (κ3) is 6.03. The Bertz CT molecular complexity index is 1920. The average molecular weight is 684 g/mol. The van der Waals surface area contributed by atoms with Gasteiger partial charge in [0.1, 0.15) is 18.9 Å². The van der Waals surface area contributed by atoms with Gasteiger partial charge >= 0.3 is 0 Å². The molecule has 0 spiro atoms. The lowest BCUT2D eigenvalue weighted by molar-refractivity contribution is -0.123. The number of rotatable bonds is 10. The van der Waals surface area contributed by atoms with Crippen LogP contribution in [0.15, 0.2) is 48.8 Å². The monoisotopic (exact) mass is 683 g/mol. The molecule has 2 amide bonds. The van der Waals surface area contributed by atoms with Gasteiger partial charge in [-0.2, -0.15) is 0 Å². The summed E-state index contributed by atoms with van der Waals surface area (Å²) >= 11 is 0. The van der Waals surface area contributed by atoms with Crippen LogP contribution in [0.4, 0.5) is 26.0 Å². The van der Waals surface area contributed by atoms with E-state index in [1.165, 1.54) is 19.3 Å². The van der Waals surface area contributed by atoms with Gasteiger partial charge in [0.05, 0.1) is 29.0 Å². The molecule has 2 fully saturated rings. The van der Waals surface area contributed by atoms with Gasteiger partial charge in [-0.3, -0.25) is 9.59 Å². The molecule has 9 nitrogen and oxygen atoms in total. The number of benzene rings is 2. The summed E-state index contributed by atoms with van der Waals surface area (Å²) in [5, 5.41) is 5.86. The zero-order chi connectivity index (χ0) is 35.3. The lowest BCUT2D eigenvalue weighted by atomic mass is 9.82. The number of likely N-dealkylation sites (tertiary alicyclic amines) is 1. The van der Waals surface area contributed by atoms with E-state index in [1.54, 1.807) is 25.4 Å². The molecule has 0 unspecified atom stereocenters. The Morgan fingerprint density at radius 1 is 1.00 bits per heavy atom. The zero-order valence-corrected chi connectivity index (χ0v) is 29.6. The quantitative estimate of drug-likeness (QED) is 0.181. The molecule has 7 rings (SSSR count). The highest BCUT2D eigenvalue weighted by molar-refractivity contribution is 6.09. The fraction of sp³-hybridized carbons (Fsp3) is 0.487. The molecule has 11 heteroatoms. The van der Waals surface area contributed by atoms with E-state index in [-0.39, 0.29) is 18.0 Å². The first-order valence-electron chi connectivity index (χ1n) is 17.9. The number of pyridine rings is 1. The van der Waals surface area contributed by atoms with E-state index in [4.69, 9.17) is 9.97 Å². The van der Waals surface area contributed by atoms with Crippen LogP contribution in [0.25, 0.3) is 22.3 Å². The molecule has 264 valence electrons. The van der Waals surface area contributed by atoms with E-state index >= 15 is 0 Å². The Labute approximate surface area is 292 Å². The molecule has 2 aromatic heterocycles. The van der Waals surface area contributed by atoms with Crippen LogP contribution >= 0.6 is 0 Å². The number of aromatic nitrogens is 3. The molecule has 0 bridgehead atoms. The first-order chi connectivity index (χ1) is 24.0. The van der Waals surface area contributed by atoms with E-state index < -0.39 is 30.7 Å². The van der Waals surface area contributed by atoms with Gasteiger partial charge < -0.3 is 25.0 Å². The van der Waals surface area contributed by atoms with Crippen molar-refractivity contribution in [2.75, 3.05) is 36.7 Å². The van der Waals surface area contributed by atoms with E-state index in [1.807, 2.05) is 36.6 Å². The summed E-state index contributed by atoms with van der Waals surface area (Å²) in [5.41, 5.74) is 6.10. The van der Waals surface area contributed by atoms with Gasteiger partial charge in [-0.1, -0.05) is 24.6 Å². The van der Waals surface area contributed by atoms with Gasteiger partial charge in [-0.25, -0.2) is 18.7 Å². The number of carbonyl (C=O) groups excluding carboxylic acids is 2. The standard InChI is InChI=1S/C39H47F2N7O2/c1-23(2)47-22-42-33-19-32(45-36(35(33)47)43-26-11-9-24(3)30(16-26)37(49)44-27(20-40)21-41)25-10-12-31-34(15-25)48(38(50)39(31,4)5)29-17-28(18-29)46-13-7-6-8-14-46/h9-12,15-16,19,22-23,27-29H,6-8,13-14,17-18,20-21H2,1-5H3,(H,43,45)(H,44,49). The van der Waals surface area contributed by atoms with Gasteiger partial charge in [0.2, 0.25) is 5.91 Å². The van der Waals surface area contributed by atoms with Crippen LogP contribution in [0.3, 0.4) is 0 Å². The molecule has 1 saturated heterocycles. The summed E-state index contributed by atoms with van der Waals surface area (Å²) < 4.78 is 28.4. The molecule has 4 aromatic rings. The molecule has 1 aliphatic carbocycles. The Morgan fingerprint density at radius 2 is 1.74 bits per heavy atom. The number of alkyl halides is 2. The number of hydrogen-bond acceptors (Lipinski definition) is 6. The number of piperidine rings is 1. The topological polar surface area (TPSA) is 95.4 Å². The van der Waals surface area contributed by atoms with Crippen LogP contribution in [0.5, 0.6) is 0 Å². The highest BCUT2D eigenvalue weighted by Crippen LogP contribution is 2.48. The predicted molar refractivity (Wildman–Crippen MR) is 194 cm³/mol. The number of nitrogens with one attached hydrogen (secondary N) is 2. The molecule has 0 atom stereocenters. The third-order valence-electron chi connectivity index (χ3n) is 10.9. The van der Waals surface area contributed by atoms with Crippen LogP contribution in [0.2, 0.25) is 0 Å². The molecule has 1 saturated carbocycles. The van der Waals surface area contributed by atoms with E-state index in [0.717, 1.165) is 53.8 Å². The second-order valence-corrected chi connectivity index (χ2v) is 15.0. The first kappa shape index (κ1) is 34.1. The largest absolute Gasteiger partial charge is 0.344 e. The first-order valence-corrected chi connectivity index (χ1v) is 17.9. The molecule has 2 aliphatic heterocycles. The number of imidazole rings is 1. The number of carbonyl (C=O) groups is 2. The Kier molecular flexibility index (Phi) is 9.13. The van der Waals surface area contributed by atoms with Crippen molar-refractivity contribution in [3.8, 4) is 11.3 Å². The smallest absolute Gasteiger partial charge is 0.252 e. The van der Waals surface area contributed by atoms with Crippen molar-refractivity contribution in [3.63, 3.8) is 0 Å². The van der Waals surface area contributed by atoms with Crippen molar-refractivity contribution in [2.45, 2.75) is 96.3 Å². The van der Waals surface area contributed by atoms with Crippen molar-refractivity contribution < 1.29 is 18.4 Å². The van der Waals surface area contributed by atoms with Crippen LogP contribution in [0.1, 0.15) is 87.3 Å². The molecule has 4 heterocycles. The van der Waals surface area contributed by atoms with Gasteiger partial charge in [-0.15, -0.1) is 0 Å². The number of aryl methyl sites for hydroxylation is 1. The van der Waals surface area contributed by atoms with Gasteiger partial charge in [0.15, 0.2) is 5.82 Å². The Balaban J connectivity index is 1.24. The summed E-state index contributed by atoms with van der Waals surface area (Å²) in [6.45, 7) is 10.3. The summed E-state index contributed by atoms with van der Waals surface area (Å²) in [6, 6.07) is 13.1. The lowest BCUT2D eigenvalue weighted by Gasteiger charge is -2.48. The van der Waals surface area contributed by atoms with Gasteiger partial charge in [0, 0.05) is 40.6 Å². The minimum atomic E-state index is -1.19. The van der Waals surface area contributed by atoms with Crippen molar-refractivity contribution >= 4 is 40.0 Å². The predicted octanol–water partition coefficient (Wildman–Crippen LogP) is 7.41. The van der Waals surface area contributed by atoms with E-state index in [9.17, 15) is 18.4 Å². The van der Waals surface area contributed by atoms with Crippen molar-refractivity contribution in [1.29, 1.82) is 0 Å². The van der Waals surface area contributed by atoms with Crippen LogP contribution in [-0.4, -0.2) is 75.8 Å². The normalized spacial score (nSPS) is 20.4. The van der Waals surface area contributed by atoms with Crippen LogP contribution < -0.4 is 15.5 Å². The Morgan fingerprint density at radius 3 is 2.44 bits per heavy atom. The number of nitrogens with zero attached hydrogens (tertiary/aromatic N) is 5. The molecule has 50 heavy (non-hydrogen) atoms. The van der Waals surface area contributed by atoms with E-state index in [2.05, 4.69) is 46.4 Å². The van der Waals surface area contributed by atoms with E-state index in [0.29, 0.717) is 34.4 Å². The maximum Gasteiger partial charge on any atom is 0.252 e. The number of amides is 2. The second kappa shape index (κ2) is 13.4. The minimum Gasteiger partial charge on any atom is -0.344 e. The molecule has 0 radical (unpaired) electrons. The molecule has 2 aromatic carbocycles. The van der Waals surface area contributed by atoms with Crippen molar-refractivity contribution in [2.24, 2.45) is 0 Å². The lowest BCUT2D eigenvalue weighted by Crippen LogP contribution is -2.57. The number of fused-ring (bicyclic) bond motifs is 2. The second-order valence-electron chi connectivity index (χ2n) is 15.0. The summed E-state index contributed by atoms with van der Waals surface area (Å²) in [7, 11) is 0. The fourth-order valence-corrected chi connectivity index (χ4v) is 7.81. The van der Waals surface area contributed by atoms with Crippen molar-refractivity contribution in [1.82, 2.24) is 24.8 Å². The maximum absolute atomic E-state index is 13.9. The SMILES string of the molecule is Cc1ccc(Nc2nc(-c3ccc4c(c3)N(C3CC(N5CCCCC5)C3)C(=O)C4(C)C)cc3ncn(C(C)C)c23)cc1C(=O)NC(CF)CF. The number of anilines is 3. The zero-order valence-electron chi connectivity index (χ0n) is 29.6. The molecule has 2 N–H and O–H groups in total.